The van der Waals surface area contributed by atoms with E-state index in [1.165, 1.54) is 35.7 Å². The minimum absolute atomic E-state index is 0.00479. The maximum atomic E-state index is 13.9. The largest absolute Gasteiger partial charge is 0.481 e. The minimum atomic E-state index is -3.84. The quantitative estimate of drug-likeness (QED) is 0.670. The van der Waals surface area contributed by atoms with Gasteiger partial charge in [-0.3, -0.25) is 4.79 Å². The van der Waals surface area contributed by atoms with Crippen LogP contribution in [0.4, 0.5) is 8.78 Å². The molecule has 0 bridgehead atoms. The van der Waals surface area contributed by atoms with E-state index >= 15 is 0 Å². The summed E-state index contributed by atoms with van der Waals surface area (Å²) in [6, 6.07) is 7.09. The summed E-state index contributed by atoms with van der Waals surface area (Å²) in [4.78, 5) is 11.3. The third kappa shape index (κ3) is 3.48. The van der Waals surface area contributed by atoms with Crippen LogP contribution in [0.2, 0.25) is 0 Å². The summed E-state index contributed by atoms with van der Waals surface area (Å²) in [5.41, 5.74) is 2.82. The molecule has 2 heterocycles. The lowest BCUT2D eigenvalue weighted by Gasteiger charge is -2.31. The summed E-state index contributed by atoms with van der Waals surface area (Å²) < 4.78 is 55.9. The number of fused-ring (bicyclic) bond motifs is 3. The third-order valence-electron chi connectivity index (χ3n) is 5.71. The van der Waals surface area contributed by atoms with Crippen LogP contribution in [-0.4, -0.2) is 41.3 Å². The van der Waals surface area contributed by atoms with Gasteiger partial charge in [0.25, 0.3) is 0 Å². The monoisotopic (exact) mass is 434 g/mol. The molecule has 3 aromatic rings. The second-order valence-electron chi connectivity index (χ2n) is 7.45. The van der Waals surface area contributed by atoms with Crippen LogP contribution >= 0.6 is 0 Å². The number of carbonyl (C=O) groups is 1. The van der Waals surface area contributed by atoms with Crippen LogP contribution in [0.15, 0.2) is 47.5 Å². The molecule has 2 aromatic heterocycles. The summed E-state index contributed by atoms with van der Waals surface area (Å²) in [6.07, 6.45) is 2.41. The molecule has 0 radical (unpaired) electrons. The molecule has 1 aromatic carbocycles. The van der Waals surface area contributed by atoms with Crippen LogP contribution in [0.1, 0.15) is 23.2 Å². The first kappa shape index (κ1) is 20.5. The zero-order valence-corrected chi connectivity index (χ0v) is 17.0. The highest BCUT2D eigenvalue weighted by molar-refractivity contribution is 7.89. The first-order valence-electron chi connectivity index (χ1n) is 9.44. The Hall–Kier alpha value is -2.78. The highest BCUT2D eigenvalue weighted by Gasteiger charge is 2.34. The fourth-order valence-electron chi connectivity index (χ4n) is 4.20. The SMILES string of the molecule is CN(C1CCc2c(CC(=O)O)c3ccc(F)cn3c2C1)S(=O)(=O)c1ccc(F)cc1. The number of sulfonamides is 1. The Labute approximate surface area is 172 Å². The molecule has 158 valence electrons. The molecule has 1 unspecified atom stereocenters. The lowest BCUT2D eigenvalue weighted by atomic mass is 9.90. The Balaban J connectivity index is 1.72. The van der Waals surface area contributed by atoms with Gasteiger partial charge in [0.2, 0.25) is 10.0 Å². The average Bonchev–Trinajstić information content (AvgIpc) is 2.99. The van der Waals surface area contributed by atoms with Crippen molar-refractivity contribution in [3.63, 3.8) is 0 Å². The Kier molecular flexibility index (Phi) is 5.11. The highest BCUT2D eigenvalue weighted by atomic mass is 32.2. The number of carboxylic acid groups (broad SMARTS) is 1. The molecule has 0 saturated heterocycles. The standard InChI is InChI=1S/C21H20F2N2O4S/c1-24(30(28,29)16-6-2-13(22)3-7-16)15-5-8-17-18(11-21(26)27)19-9-4-14(23)12-25(19)20(17)10-15/h2-4,6-7,9,12,15H,5,8,10-11H2,1H3,(H,26,27). The molecule has 0 aliphatic heterocycles. The normalized spacial score (nSPS) is 16.7. The van der Waals surface area contributed by atoms with Crippen molar-refractivity contribution in [1.82, 2.24) is 8.71 Å². The first-order valence-corrected chi connectivity index (χ1v) is 10.9. The number of rotatable bonds is 5. The third-order valence-corrected chi connectivity index (χ3v) is 7.64. The van der Waals surface area contributed by atoms with Crippen LogP contribution in [0, 0.1) is 11.6 Å². The van der Waals surface area contributed by atoms with E-state index in [0.29, 0.717) is 30.3 Å². The molecule has 4 rings (SSSR count). The van der Waals surface area contributed by atoms with E-state index in [1.54, 1.807) is 10.5 Å². The number of pyridine rings is 1. The van der Waals surface area contributed by atoms with Gasteiger partial charge in [-0.25, -0.2) is 17.2 Å². The summed E-state index contributed by atoms with van der Waals surface area (Å²) in [6.45, 7) is 0. The van der Waals surface area contributed by atoms with Crippen LogP contribution in [0.3, 0.4) is 0 Å². The number of aromatic nitrogens is 1. The van der Waals surface area contributed by atoms with E-state index in [2.05, 4.69) is 0 Å². The molecule has 6 nitrogen and oxygen atoms in total. The van der Waals surface area contributed by atoms with E-state index < -0.39 is 33.7 Å². The predicted molar refractivity (Wildman–Crippen MR) is 106 cm³/mol. The van der Waals surface area contributed by atoms with E-state index in [4.69, 9.17) is 0 Å². The van der Waals surface area contributed by atoms with Gasteiger partial charge in [0, 0.05) is 36.9 Å². The number of benzene rings is 1. The van der Waals surface area contributed by atoms with Crippen molar-refractivity contribution in [1.29, 1.82) is 0 Å². The maximum Gasteiger partial charge on any atom is 0.307 e. The first-order chi connectivity index (χ1) is 14.2. The lowest BCUT2D eigenvalue weighted by molar-refractivity contribution is -0.136. The van der Waals surface area contributed by atoms with Crippen molar-refractivity contribution in [2.24, 2.45) is 0 Å². The number of likely N-dealkylation sites (N-methyl/N-ethyl adjacent to an activating group) is 1. The molecule has 0 fully saturated rings. The van der Waals surface area contributed by atoms with Gasteiger partial charge in [0.1, 0.15) is 11.6 Å². The zero-order chi connectivity index (χ0) is 21.6. The Morgan fingerprint density at radius 2 is 1.83 bits per heavy atom. The van der Waals surface area contributed by atoms with Crippen molar-refractivity contribution < 1.29 is 27.1 Å². The van der Waals surface area contributed by atoms with E-state index in [-0.39, 0.29) is 11.3 Å². The van der Waals surface area contributed by atoms with E-state index in [9.17, 15) is 27.1 Å². The molecule has 30 heavy (non-hydrogen) atoms. The van der Waals surface area contributed by atoms with Crippen LogP contribution in [-0.2, 0) is 34.1 Å². The fraction of sp³-hybridized carbons (Fsp3) is 0.286. The summed E-state index contributed by atoms with van der Waals surface area (Å²) >= 11 is 0. The second-order valence-corrected chi connectivity index (χ2v) is 9.45. The summed E-state index contributed by atoms with van der Waals surface area (Å²) in [7, 11) is -2.37. The number of nitrogens with zero attached hydrogens (tertiary/aromatic N) is 2. The lowest BCUT2D eigenvalue weighted by Crippen LogP contribution is -2.40. The van der Waals surface area contributed by atoms with Crippen molar-refractivity contribution in [2.45, 2.75) is 36.6 Å². The van der Waals surface area contributed by atoms with Crippen LogP contribution < -0.4 is 0 Å². The van der Waals surface area contributed by atoms with Crippen LogP contribution in [0.5, 0.6) is 0 Å². The average molecular weight is 434 g/mol. The molecule has 1 aliphatic carbocycles. The van der Waals surface area contributed by atoms with Gasteiger partial charge in [-0.15, -0.1) is 0 Å². The van der Waals surface area contributed by atoms with Gasteiger partial charge in [0.05, 0.1) is 11.3 Å². The number of carboxylic acids is 1. The predicted octanol–water partition coefficient (Wildman–Crippen LogP) is 3.02. The number of hydrogen-bond acceptors (Lipinski definition) is 3. The molecular formula is C21H20F2N2O4S. The topological polar surface area (TPSA) is 79.1 Å². The van der Waals surface area contributed by atoms with Crippen molar-refractivity contribution in [2.75, 3.05) is 7.05 Å². The Morgan fingerprint density at radius 1 is 1.17 bits per heavy atom. The minimum Gasteiger partial charge on any atom is -0.481 e. The van der Waals surface area contributed by atoms with Crippen molar-refractivity contribution in [3.8, 4) is 0 Å². The molecule has 9 heteroatoms. The molecular weight excluding hydrogens is 414 g/mol. The van der Waals surface area contributed by atoms with Gasteiger partial charge < -0.3 is 9.51 Å². The van der Waals surface area contributed by atoms with Gasteiger partial charge in [-0.1, -0.05) is 0 Å². The number of halogens is 2. The van der Waals surface area contributed by atoms with Gasteiger partial charge in [0.15, 0.2) is 0 Å². The molecule has 1 N–H and O–H groups in total. The van der Waals surface area contributed by atoms with Crippen molar-refractivity contribution >= 4 is 21.5 Å². The van der Waals surface area contributed by atoms with Gasteiger partial charge >= 0.3 is 5.97 Å². The number of hydrogen-bond donors (Lipinski definition) is 1. The summed E-state index contributed by atoms with van der Waals surface area (Å²) in [5.74, 6) is -1.96. The van der Waals surface area contributed by atoms with E-state index in [0.717, 1.165) is 23.4 Å². The molecule has 1 atom stereocenters. The maximum absolute atomic E-state index is 13.9. The van der Waals surface area contributed by atoms with Gasteiger partial charge in [-0.2, -0.15) is 4.31 Å². The fourth-order valence-corrected chi connectivity index (χ4v) is 5.58. The van der Waals surface area contributed by atoms with Gasteiger partial charge in [-0.05, 0) is 60.4 Å². The Morgan fingerprint density at radius 3 is 2.50 bits per heavy atom. The molecule has 0 spiro atoms. The Bertz CT molecular complexity index is 1240. The van der Waals surface area contributed by atoms with Crippen molar-refractivity contribution in [3.05, 3.63) is 71.1 Å². The molecule has 0 saturated carbocycles. The zero-order valence-electron chi connectivity index (χ0n) is 16.2. The van der Waals surface area contributed by atoms with Crippen LogP contribution in [0.25, 0.3) is 5.52 Å². The van der Waals surface area contributed by atoms with E-state index in [1.807, 2.05) is 0 Å². The smallest absolute Gasteiger partial charge is 0.307 e. The highest BCUT2D eigenvalue weighted by Crippen LogP contribution is 2.34. The molecule has 0 amide bonds. The molecule has 1 aliphatic rings. The summed E-state index contributed by atoms with van der Waals surface area (Å²) in [5, 5.41) is 9.30. The number of aliphatic carboxylic acids is 1. The second kappa shape index (κ2) is 7.48.